The quantitative estimate of drug-likeness (QED) is 0.480. The van der Waals surface area contributed by atoms with E-state index in [1.54, 1.807) is 0 Å². The Labute approximate surface area is 87.3 Å². The Bertz CT molecular complexity index is 244. The van der Waals surface area contributed by atoms with E-state index in [-0.39, 0.29) is 11.1 Å². The molecule has 4 unspecified atom stereocenters. The SMILES string of the molecule is CC1=NC(Br)C2OCC(C)N1C2C. The van der Waals surface area contributed by atoms with Crippen LogP contribution >= 0.6 is 15.9 Å². The summed E-state index contributed by atoms with van der Waals surface area (Å²) >= 11 is 3.54. The van der Waals surface area contributed by atoms with E-state index >= 15 is 0 Å². The largest absolute Gasteiger partial charge is 0.371 e. The third-order valence-corrected chi connectivity index (χ3v) is 3.60. The highest BCUT2D eigenvalue weighted by Crippen LogP contribution is 2.29. The minimum Gasteiger partial charge on any atom is -0.371 e. The van der Waals surface area contributed by atoms with Gasteiger partial charge in [-0.2, -0.15) is 0 Å². The van der Waals surface area contributed by atoms with Crippen LogP contribution in [0.1, 0.15) is 20.8 Å². The first kappa shape index (κ1) is 9.46. The summed E-state index contributed by atoms with van der Waals surface area (Å²) in [5, 5.41) is 0. The Morgan fingerprint density at radius 1 is 1.54 bits per heavy atom. The lowest BCUT2D eigenvalue weighted by molar-refractivity contribution is -0.0716. The normalized spacial score (nSPS) is 44.6. The molecule has 13 heavy (non-hydrogen) atoms. The third-order valence-electron chi connectivity index (χ3n) is 2.87. The van der Waals surface area contributed by atoms with Crippen molar-refractivity contribution in [2.45, 2.75) is 43.9 Å². The van der Waals surface area contributed by atoms with E-state index in [1.165, 1.54) is 0 Å². The van der Waals surface area contributed by atoms with Crippen molar-refractivity contribution >= 4 is 21.8 Å². The first-order valence-corrected chi connectivity index (χ1v) is 5.61. The van der Waals surface area contributed by atoms with Crippen molar-refractivity contribution in [2.24, 2.45) is 4.99 Å². The number of nitrogens with zero attached hydrogens (tertiary/aromatic N) is 2. The summed E-state index contributed by atoms with van der Waals surface area (Å²) in [6.07, 6.45) is 0.208. The van der Waals surface area contributed by atoms with Gasteiger partial charge < -0.3 is 9.64 Å². The van der Waals surface area contributed by atoms with Crippen LogP contribution in [0.25, 0.3) is 0 Å². The van der Waals surface area contributed by atoms with Crippen molar-refractivity contribution in [3.8, 4) is 0 Å². The van der Waals surface area contributed by atoms with E-state index in [4.69, 9.17) is 4.74 Å². The summed E-state index contributed by atoms with van der Waals surface area (Å²) in [4.78, 5) is 6.99. The Morgan fingerprint density at radius 3 is 2.92 bits per heavy atom. The number of alkyl halides is 1. The maximum Gasteiger partial charge on any atom is 0.135 e. The molecule has 4 heteroatoms. The van der Waals surface area contributed by atoms with Gasteiger partial charge in [0.1, 0.15) is 11.1 Å². The highest BCUT2D eigenvalue weighted by Gasteiger charge is 2.40. The van der Waals surface area contributed by atoms with Gasteiger partial charge in [0.25, 0.3) is 0 Å². The Hall–Kier alpha value is -0.0900. The summed E-state index contributed by atoms with van der Waals surface area (Å²) in [7, 11) is 0. The minimum atomic E-state index is 0.131. The number of ether oxygens (including phenoxy) is 1. The van der Waals surface area contributed by atoms with Gasteiger partial charge in [0.2, 0.25) is 0 Å². The molecule has 2 aliphatic heterocycles. The summed E-state index contributed by atoms with van der Waals surface area (Å²) in [5.41, 5.74) is 0. The van der Waals surface area contributed by atoms with Gasteiger partial charge in [-0.3, -0.25) is 4.99 Å². The molecular weight excluding hydrogens is 232 g/mol. The first-order chi connectivity index (χ1) is 6.11. The molecule has 1 fully saturated rings. The average molecular weight is 247 g/mol. The predicted octanol–water partition coefficient (Wildman–Crippen LogP) is 1.62. The third kappa shape index (κ3) is 1.40. The highest BCUT2D eigenvalue weighted by molar-refractivity contribution is 9.09. The zero-order valence-corrected chi connectivity index (χ0v) is 9.78. The van der Waals surface area contributed by atoms with Gasteiger partial charge in [-0.05, 0) is 20.8 Å². The second-order valence-corrected chi connectivity index (χ2v) is 4.78. The number of aliphatic imine (C=N–C) groups is 1. The Morgan fingerprint density at radius 2 is 2.23 bits per heavy atom. The molecule has 0 aromatic heterocycles. The lowest BCUT2D eigenvalue weighted by atomic mass is 10.0. The molecule has 2 bridgehead atoms. The average Bonchev–Trinajstić information content (AvgIpc) is 2.01. The number of amidine groups is 1. The van der Waals surface area contributed by atoms with Crippen LogP contribution in [0.3, 0.4) is 0 Å². The molecule has 2 aliphatic rings. The van der Waals surface area contributed by atoms with Crippen molar-refractivity contribution in [3.05, 3.63) is 0 Å². The molecule has 0 radical (unpaired) electrons. The van der Waals surface area contributed by atoms with E-state index in [2.05, 4.69) is 46.6 Å². The van der Waals surface area contributed by atoms with Crippen LogP contribution in [0.15, 0.2) is 4.99 Å². The molecule has 74 valence electrons. The van der Waals surface area contributed by atoms with Crippen LogP contribution in [-0.4, -0.2) is 40.5 Å². The van der Waals surface area contributed by atoms with Crippen molar-refractivity contribution in [3.63, 3.8) is 0 Å². The van der Waals surface area contributed by atoms with Crippen LogP contribution < -0.4 is 0 Å². The molecule has 0 spiro atoms. The monoisotopic (exact) mass is 246 g/mol. The summed E-state index contributed by atoms with van der Waals surface area (Å²) in [5.74, 6) is 1.13. The molecule has 0 aliphatic carbocycles. The molecule has 3 nitrogen and oxygen atoms in total. The molecule has 1 saturated heterocycles. The molecule has 0 aromatic carbocycles. The number of rotatable bonds is 0. The van der Waals surface area contributed by atoms with Crippen LogP contribution in [0.4, 0.5) is 0 Å². The standard InChI is InChI=1S/C9H15BrN2O/c1-5-4-13-8-6(2)12(5)7(3)11-9(8)10/h5-6,8-9H,4H2,1-3H3. The number of fused-ring (bicyclic) bond motifs is 2. The fourth-order valence-electron chi connectivity index (χ4n) is 2.27. The molecule has 0 amide bonds. The molecule has 0 saturated carbocycles. The fourth-order valence-corrected chi connectivity index (χ4v) is 3.16. The van der Waals surface area contributed by atoms with Gasteiger partial charge in [0.05, 0.1) is 24.5 Å². The topological polar surface area (TPSA) is 24.8 Å². The second-order valence-electron chi connectivity index (χ2n) is 3.84. The van der Waals surface area contributed by atoms with Crippen molar-refractivity contribution < 1.29 is 4.74 Å². The van der Waals surface area contributed by atoms with Crippen LogP contribution in [-0.2, 0) is 4.74 Å². The van der Waals surface area contributed by atoms with Gasteiger partial charge in [0.15, 0.2) is 0 Å². The number of hydrogen-bond acceptors (Lipinski definition) is 3. The van der Waals surface area contributed by atoms with Gasteiger partial charge in [-0.15, -0.1) is 0 Å². The van der Waals surface area contributed by atoms with Gasteiger partial charge in [-0.25, -0.2) is 0 Å². The highest BCUT2D eigenvalue weighted by atomic mass is 79.9. The van der Waals surface area contributed by atoms with Gasteiger partial charge in [-0.1, -0.05) is 15.9 Å². The number of halogens is 1. The maximum absolute atomic E-state index is 5.74. The molecule has 4 atom stereocenters. The lowest BCUT2D eigenvalue weighted by Crippen LogP contribution is -2.61. The molecular formula is C9H15BrN2O. The predicted molar refractivity (Wildman–Crippen MR) is 56.3 cm³/mol. The van der Waals surface area contributed by atoms with Crippen molar-refractivity contribution in [1.82, 2.24) is 4.90 Å². The Kier molecular flexibility index (Phi) is 2.36. The van der Waals surface area contributed by atoms with E-state index in [9.17, 15) is 0 Å². The molecule has 0 N–H and O–H groups in total. The van der Waals surface area contributed by atoms with E-state index in [1.807, 2.05) is 0 Å². The first-order valence-electron chi connectivity index (χ1n) is 4.69. The lowest BCUT2D eigenvalue weighted by Gasteiger charge is -2.48. The minimum absolute atomic E-state index is 0.131. The van der Waals surface area contributed by atoms with Crippen LogP contribution in [0.5, 0.6) is 0 Å². The van der Waals surface area contributed by atoms with Crippen LogP contribution in [0.2, 0.25) is 0 Å². The molecule has 2 rings (SSSR count). The zero-order valence-electron chi connectivity index (χ0n) is 8.20. The summed E-state index contributed by atoms with van der Waals surface area (Å²) in [6.45, 7) is 7.26. The Balaban J connectivity index is 2.32. The van der Waals surface area contributed by atoms with Crippen molar-refractivity contribution in [1.29, 1.82) is 0 Å². The fraction of sp³-hybridized carbons (Fsp3) is 0.889. The number of morpholine rings is 1. The zero-order chi connectivity index (χ0) is 9.59. The summed E-state index contributed by atoms with van der Waals surface area (Å²) in [6, 6.07) is 0.889. The van der Waals surface area contributed by atoms with Gasteiger partial charge >= 0.3 is 0 Å². The van der Waals surface area contributed by atoms with Gasteiger partial charge in [0, 0.05) is 0 Å². The molecule has 2 heterocycles. The van der Waals surface area contributed by atoms with Crippen molar-refractivity contribution in [2.75, 3.05) is 6.61 Å². The second kappa shape index (κ2) is 3.24. The van der Waals surface area contributed by atoms with Crippen LogP contribution in [0, 0.1) is 0 Å². The summed E-state index contributed by atoms with van der Waals surface area (Å²) < 4.78 is 5.74. The number of hydrogen-bond donors (Lipinski definition) is 0. The maximum atomic E-state index is 5.74. The van der Waals surface area contributed by atoms with E-state index in [0.29, 0.717) is 12.1 Å². The van der Waals surface area contributed by atoms with E-state index < -0.39 is 0 Å². The molecule has 0 aromatic rings. The smallest absolute Gasteiger partial charge is 0.135 e. The van der Waals surface area contributed by atoms with E-state index in [0.717, 1.165) is 12.4 Å².